The minimum absolute atomic E-state index is 0. The van der Waals surface area contributed by atoms with Gasteiger partial charge in [-0.2, -0.15) is 0 Å². The summed E-state index contributed by atoms with van der Waals surface area (Å²) in [6.07, 6.45) is 4.61. The van der Waals surface area contributed by atoms with Crippen molar-refractivity contribution in [1.82, 2.24) is 4.90 Å². The van der Waals surface area contributed by atoms with Gasteiger partial charge in [0, 0.05) is 25.2 Å². The van der Waals surface area contributed by atoms with Gasteiger partial charge in [0.1, 0.15) is 0 Å². The zero-order chi connectivity index (χ0) is 14.8. The topological polar surface area (TPSA) is 46.3 Å². The van der Waals surface area contributed by atoms with E-state index in [1.54, 1.807) is 0 Å². The molecule has 21 heavy (non-hydrogen) atoms. The highest BCUT2D eigenvalue weighted by Gasteiger charge is 2.30. The van der Waals surface area contributed by atoms with Crippen molar-refractivity contribution in [1.29, 1.82) is 0 Å². The van der Waals surface area contributed by atoms with Crippen LogP contribution in [0, 0.1) is 5.41 Å². The van der Waals surface area contributed by atoms with Gasteiger partial charge in [-0.1, -0.05) is 26.0 Å². The maximum atomic E-state index is 12.5. The van der Waals surface area contributed by atoms with E-state index in [1.165, 1.54) is 12.8 Å². The van der Waals surface area contributed by atoms with Gasteiger partial charge in [-0.3, -0.25) is 4.79 Å². The highest BCUT2D eigenvalue weighted by atomic mass is 35.5. The molecule has 1 aliphatic carbocycles. The van der Waals surface area contributed by atoms with Crippen LogP contribution in [0.5, 0.6) is 0 Å². The number of amides is 1. The summed E-state index contributed by atoms with van der Waals surface area (Å²) in [7, 11) is 1.93. The molecule has 1 amide bonds. The highest BCUT2D eigenvalue weighted by molar-refractivity contribution is 5.94. The first-order valence-electron chi connectivity index (χ1n) is 7.49. The van der Waals surface area contributed by atoms with Crippen molar-refractivity contribution in [3.8, 4) is 0 Å². The number of halogens is 1. The molecule has 118 valence electrons. The molecule has 0 aromatic heterocycles. The molecule has 1 saturated carbocycles. The Bertz CT molecular complexity index is 460. The summed E-state index contributed by atoms with van der Waals surface area (Å²) >= 11 is 0. The lowest BCUT2D eigenvalue weighted by atomic mass is 9.75. The van der Waals surface area contributed by atoms with Crippen LogP contribution >= 0.6 is 12.4 Å². The molecule has 1 aromatic rings. The molecule has 0 radical (unpaired) electrons. The van der Waals surface area contributed by atoms with Gasteiger partial charge in [0.05, 0.1) is 0 Å². The minimum Gasteiger partial charge on any atom is -0.339 e. The molecule has 2 N–H and O–H groups in total. The fourth-order valence-electron chi connectivity index (χ4n) is 2.92. The summed E-state index contributed by atoms with van der Waals surface area (Å²) in [5.74, 6) is 0.123. The number of benzene rings is 1. The number of hydrogen-bond acceptors (Lipinski definition) is 2. The molecule has 0 spiro atoms. The molecule has 1 aromatic carbocycles. The minimum atomic E-state index is 0. The highest BCUT2D eigenvalue weighted by Crippen LogP contribution is 2.36. The normalized spacial score (nSPS) is 17.9. The predicted octanol–water partition coefficient (Wildman–Crippen LogP) is 3.61. The first-order valence-corrected chi connectivity index (χ1v) is 7.49. The third kappa shape index (κ3) is 4.45. The molecule has 0 saturated heterocycles. The molecular formula is C17H27ClN2O. The lowest BCUT2D eigenvalue weighted by Crippen LogP contribution is -2.40. The van der Waals surface area contributed by atoms with Gasteiger partial charge in [0.15, 0.2) is 0 Å². The van der Waals surface area contributed by atoms with E-state index in [9.17, 15) is 4.79 Å². The van der Waals surface area contributed by atoms with Crippen molar-refractivity contribution in [3.05, 3.63) is 35.4 Å². The lowest BCUT2D eigenvalue weighted by molar-refractivity contribution is 0.0635. The van der Waals surface area contributed by atoms with Gasteiger partial charge in [0.2, 0.25) is 0 Å². The molecule has 4 heteroatoms. The summed E-state index contributed by atoms with van der Waals surface area (Å²) in [4.78, 5) is 14.4. The summed E-state index contributed by atoms with van der Waals surface area (Å²) in [6, 6.07) is 8.02. The van der Waals surface area contributed by atoms with Crippen LogP contribution in [0.2, 0.25) is 0 Å². The summed E-state index contributed by atoms with van der Waals surface area (Å²) in [5, 5.41) is 0. The van der Waals surface area contributed by atoms with E-state index < -0.39 is 0 Å². The van der Waals surface area contributed by atoms with Crippen LogP contribution in [-0.2, 0) is 6.54 Å². The summed E-state index contributed by atoms with van der Waals surface area (Å²) in [5.41, 5.74) is 7.83. The Morgan fingerprint density at radius 1 is 1.24 bits per heavy atom. The van der Waals surface area contributed by atoms with Gasteiger partial charge in [0.25, 0.3) is 5.91 Å². The third-order valence-corrected chi connectivity index (χ3v) is 4.61. The SMILES string of the molecule is CN(C(=O)c1ccc(CN)cc1)C1CCC(C)(C)CC1.Cl. The van der Waals surface area contributed by atoms with E-state index in [-0.39, 0.29) is 18.3 Å². The standard InChI is InChI=1S/C17H26N2O.ClH/c1-17(2)10-8-15(9-11-17)19(3)16(20)14-6-4-13(12-18)5-7-14;/h4-7,15H,8-12,18H2,1-3H3;1H. The molecular weight excluding hydrogens is 284 g/mol. The van der Waals surface area contributed by atoms with Crippen molar-refractivity contribution in [2.75, 3.05) is 7.05 Å². The van der Waals surface area contributed by atoms with Crippen LogP contribution in [0.1, 0.15) is 55.5 Å². The van der Waals surface area contributed by atoms with Gasteiger partial charge in [-0.25, -0.2) is 0 Å². The largest absolute Gasteiger partial charge is 0.339 e. The van der Waals surface area contributed by atoms with E-state index in [1.807, 2.05) is 36.2 Å². The Hall–Kier alpha value is -1.06. The molecule has 0 aliphatic heterocycles. The molecule has 2 rings (SSSR count). The average molecular weight is 311 g/mol. The van der Waals surface area contributed by atoms with Crippen LogP contribution in [-0.4, -0.2) is 23.9 Å². The maximum Gasteiger partial charge on any atom is 0.253 e. The molecule has 3 nitrogen and oxygen atoms in total. The van der Waals surface area contributed by atoms with Crippen molar-refractivity contribution in [3.63, 3.8) is 0 Å². The zero-order valence-electron chi connectivity index (χ0n) is 13.3. The monoisotopic (exact) mass is 310 g/mol. The van der Waals surface area contributed by atoms with Crippen LogP contribution < -0.4 is 5.73 Å². The first-order chi connectivity index (χ1) is 9.43. The maximum absolute atomic E-state index is 12.5. The van der Waals surface area contributed by atoms with E-state index in [2.05, 4.69) is 13.8 Å². The molecule has 0 bridgehead atoms. The molecule has 1 fully saturated rings. The fraction of sp³-hybridized carbons (Fsp3) is 0.588. The van der Waals surface area contributed by atoms with Gasteiger partial charge >= 0.3 is 0 Å². The molecule has 0 unspecified atom stereocenters. The molecule has 0 atom stereocenters. The number of nitrogens with zero attached hydrogens (tertiary/aromatic N) is 1. The van der Waals surface area contributed by atoms with Crippen molar-refractivity contribution in [2.45, 2.75) is 52.1 Å². The summed E-state index contributed by atoms with van der Waals surface area (Å²) in [6.45, 7) is 5.15. The second-order valence-corrected chi connectivity index (χ2v) is 6.71. The predicted molar refractivity (Wildman–Crippen MR) is 89.7 cm³/mol. The smallest absolute Gasteiger partial charge is 0.253 e. The number of hydrogen-bond donors (Lipinski definition) is 1. The van der Waals surface area contributed by atoms with E-state index in [4.69, 9.17) is 5.73 Å². The Morgan fingerprint density at radius 3 is 2.24 bits per heavy atom. The Labute approximate surface area is 134 Å². The van der Waals surface area contributed by atoms with Crippen LogP contribution in [0.15, 0.2) is 24.3 Å². The quantitative estimate of drug-likeness (QED) is 0.927. The second kappa shape index (κ2) is 7.28. The number of carbonyl (C=O) groups is 1. The van der Waals surface area contributed by atoms with Gasteiger partial charge in [-0.15, -0.1) is 12.4 Å². The number of nitrogens with two attached hydrogens (primary N) is 1. The molecule has 0 heterocycles. The van der Waals surface area contributed by atoms with Crippen LogP contribution in [0.25, 0.3) is 0 Å². The van der Waals surface area contributed by atoms with Gasteiger partial charge < -0.3 is 10.6 Å². The lowest BCUT2D eigenvalue weighted by Gasteiger charge is -2.38. The van der Waals surface area contributed by atoms with E-state index >= 15 is 0 Å². The van der Waals surface area contributed by atoms with Crippen molar-refractivity contribution >= 4 is 18.3 Å². The van der Waals surface area contributed by atoms with Crippen LogP contribution in [0.4, 0.5) is 0 Å². The van der Waals surface area contributed by atoms with Crippen molar-refractivity contribution in [2.24, 2.45) is 11.1 Å². The second-order valence-electron chi connectivity index (χ2n) is 6.71. The summed E-state index contributed by atoms with van der Waals surface area (Å²) < 4.78 is 0. The van der Waals surface area contributed by atoms with Gasteiger partial charge in [-0.05, 0) is 48.8 Å². The number of carbonyl (C=O) groups excluding carboxylic acids is 1. The first kappa shape index (κ1) is 18.0. The van der Waals surface area contributed by atoms with E-state index in [0.717, 1.165) is 24.0 Å². The average Bonchev–Trinajstić information content (AvgIpc) is 2.46. The van der Waals surface area contributed by atoms with E-state index in [0.29, 0.717) is 18.0 Å². The Morgan fingerprint density at radius 2 is 1.76 bits per heavy atom. The zero-order valence-corrected chi connectivity index (χ0v) is 14.1. The third-order valence-electron chi connectivity index (χ3n) is 4.61. The Kier molecular flexibility index (Phi) is 6.24. The van der Waals surface area contributed by atoms with Crippen LogP contribution in [0.3, 0.4) is 0 Å². The Balaban J connectivity index is 0.00000220. The van der Waals surface area contributed by atoms with Crippen molar-refractivity contribution < 1.29 is 4.79 Å². The molecule has 1 aliphatic rings. The number of rotatable bonds is 3. The fourth-order valence-corrected chi connectivity index (χ4v) is 2.92.